The number of carbonyl (C=O) groups excluding carboxylic acids is 3. The van der Waals surface area contributed by atoms with Crippen LogP contribution in [0.5, 0.6) is 0 Å². The van der Waals surface area contributed by atoms with E-state index in [0.717, 1.165) is 6.42 Å². The average molecular weight is 492 g/mol. The second-order valence-corrected chi connectivity index (χ2v) is 10.7. The zero-order valence-corrected chi connectivity index (χ0v) is 20.9. The Morgan fingerprint density at radius 2 is 1.91 bits per heavy atom. The first kappa shape index (κ1) is 24.9. The number of hydrogen-bond donors (Lipinski definition) is 3. The van der Waals surface area contributed by atoms with E-state index in [9.17, 15) is 19.5 Å². The van der Waals surface area contributed by atoms with E-state index in [0.29, 0.717) is 30.1 Å². The third-order valence-electron chi connectivity index (χ3n) is 7.72. The molecule has 3 amide bonds. The number of aliphatic hydroxyl groups excluding tert-OH is 1. The van der Waals surface area contributed by atoms with Crippen LogP contribution in [0, 0.1) is 17.8 Å². The number of ether oxygens (including phenoxy) is 1. The molecule has 3 aliphatic rings. The van der Waals surface area contributed by atoms with Crippen LogP contribution in [0.4, 0.5) is 5.69 Å². The van der Waals surface area contributed by atoms with Gasteiger partial charge in [-0.2, -0.15) is 0 Å². The van der Waals surface area contributed by atoms with Gasteiger partial charge in [0.15, 0.2) is 0 Å². The Labute approximate surface area is 205 Å². The zero-order chi connectivity index (χ0) is 24.8. The van der Waals surface area contributed by atoms with Crippen LogP contribution in [0.15, 0.2) is 24.3 Å². The van der Waals surface area contributed by atoms with Crippen molar-refractivity contribution in [2.75, 3.05) is 18.5 Å². The molecule has 0 radical (unpaired) electrons. The smallest absolute Gasteiger partial charge is 0.250 e. The van der Waals surface area contributed by atoms with Crippen LogP contribution >= 0.6 is 11.6 Å². The first-order chi connectivity index (χ1) is 16.1. The SMILES string of the molecule is CCCNC(=O)[C@@H]1[C@H]2C(=O)N([C@@H](CO)C(C)C)C(C(=O)Nc3ccc(Cl)cc3)C23CC[C@@]1(C)O3. The number of carbonyl (C=O) groups is 3. The second kappa shape index (κ2) is 9.13. The highest BCUT2D eigenvalue weighted by Crippen LogP contribution is 2.63. The van der Waals surface area contributed by atoms with Gasteiger partial charge in [0, 0.05) is 17.3 Å². The van der Waals surface area contributed by atoms with E-state index >= 15 is 0 Å². The number of likely N-dealkylation sites (tertiary alicyclic amines) is 1. The summed E-state index contributed by atoms with van der Waals surface area (Å²) in [5.74, 6) is -2.48. The van der Waals surface area contributed by atoms with Crippen molar-refractivity contribution in [2.24, 2.45) is 17.8 Å². The fraction of sp³-hybridized carbons (Fsp3) is 0.640. The average Bonchev–Trinajstić information content (AvgIpc) is 3.35. The van der Waals surface area contributed by atoms with Gasteiger partial charge in [-0.1, -0.05) is 32.4 Å². The predicted octanol–water partition coefficient (Wildman–Crippen LogP) is 2.59. The minimum atomic E-state index is -1.13. The molecule has 6 atom stereocenters. The number of nitrogens with zero attached hydrogens (tertiary/aromatic N) is 1. The second-order valence-electron chi connectivity index (χ2n) is 10.3. The van der Waals surface area contributed by atoms with E-state index in [1.165, 1.54) is 4.90 Å². The fourth-order valence-electron chi connectivity index (χ4n) is 6.14. The maximum Gasteiger partial charge on any atom is 0.250 e. The number of amides is 3. The number of nitrogens with one attached hydrogen (secondary N) is 2. The van der Waals surface area contributed by atoms with Crippen molar-refractivity contribution in [3.8, 4) is 0 Å². The fourth-order valence-corrected chi connectivity index (χ4v) is 6.27. The Kier molecular flexibility index (Phi) is 6.70. The van der Waals surface area contributed by atoms with Crippen molar-refractivity contribution in [3.05, 3.63) is 29.3 Å². The van der Waals surface area contributed by atoms with Gasteiger partial charge in [0.05, 0.1) is 30.1 Å². The van der Waals surface area contributed by atoms with Gasteiger partial charge in [0.2, 0.25) is 17.7 Å². The maximum absolute atomic E-state index is 14.0. The summed E-state index contributed by atoms with van der Waals surface area (Å²) in [5.41, 5.74) is -1.41. The Morgan fingerprint density at radius 3 is 2.50 bits per heavy atom. The van der Waals surface area contributed by atoms with Gasteiger partial charge >= 0.3 is 0 Å². The van der Waals surface area contributed by atoms with E-state index in [4.69, 9.17) is 16.3 Å². The summed E-state index contributed by atoms with van der Waals surface area (Å²) in [7, 11) is 0. The van der Waals surface area contributed by atoms with Crippen LogP contribution in [0.2, 0.25) is 5.02 Å². The summed E-state index contributed by atoms with van der Waals surface area (Å²) in [6.07, 6.45) is 1.84. The first-order valence-electron chi connectivity index (χ1n) is 12.1. The monoisotopic (exact) mass is 491 g/mol. The summed E-state index contributed by atoms with van der Waals surface area (Å²) in [4.78, 5) is 42.5. The highest BCUT2D eigenvalue weighted by Gasteiger charge is 2.78. The molecule has 186 valence electrons. The Balaban J connectivity index is 1.76. The lowest BCUT2D eigenvalue weighted by molar-refractivity contribution is -0.149. The number of benzene rings is 1. The molecule has 4 rings (SSSR count). The normalized spacial score (nSPS) is 32.7. The summed E-state index contributed by atoms with van der Waals surface area (Å²) in [6, 6.07) is 5.19. The van der Waals surface area contributed by atoms with Crippen molar-refractivity contribution in [1.82, 2.24) is 10.2 Å². The number of halogens is 1. The molecule has 1 spiro atoms. The standard InChI is InChI=1S/C25H34ClN3O5/c1-5-12-27-21(31)18-19-23(33)29(17(13-30)14(2)3)20(25(19)11-10-24(18,4)34-25)22(32)28-16-8-6-15(26)7-9-16/h6-9,14,17-20,30H,5,10-13H2,1-4H3,(H,27,31)(H,28,32)/t17-,18-,19-,20?,24+,25?/m0/s1. The van der Waals surface area contributed by atoms with Crippen LogP contribution in [-0.4, -0.2) is 64.2 Å². The van der Waals surface area contributed by atoms with Gasteiger partial charge in [-0.3, -0.25) is 14.4 Å². The van der Waals surface area contributed by atoms with Crippen LogP contribution < -0.4 is 10.6 Å². The molecule has 1 aromatic carbocycles. The lowest BCUT2D eigenvalue weighted by atomic mass is 9.66. The molecule has 8 nitrogen and oxygen atoms in total. The maximum atomic E-state index is 14.0. The molecule has 3 fully saturated rings. The van der Waals surface area contributed by atoms with Gasteiger partial charge < -0.3 is 25.4 Å². The minimum Gasteiger partial charge on any atom is -0.394 e. The largest absolute Gasteiger partial charge is 0.394 e. The quantitative estimate of drug-likeness (QED) is 0.518. The Morgan fingerprint density at radius 1 is 1.24 bits per heavy atom. The molecule has 34 heavy (non-hydrogen) atoms. The van der Waals surface area contributed by atoms with E-state index in [1.807, 2.05) is 27.7 Å². The molecular weight excluding hydrogens is 458 g/mol. The molecular formula is C25H34ClN3O5. The molecule has 0 aliphatic carbocycles. The highest BCUT2D eigenvalue weighted by atomic mass is 35.5. The third-order valence-corrected chi connectivity index (χ3v) is 7.97. The highest BCUT2D eigenvalue weighted by molar-refractivity contribution is 6.30. The van der Waals surface area contributed by atoms with E-state index < -0.39 is 41.0 Å². The molecule has 0 saturated carbocycles. The number of hydrogen-bond acceptors (Lipinski definition) is 5. The van der Waals surface area contributed by atoms with Gasteiger partial charge in [-0.05, 0) is 56.4 Å². The Hall–Kier alpha value is -2.16. The number of anilines is 1. The van der Waals surface area contributed by atoms with Crippen molar-refractivity contribution in [1.29, 1.82) is 0 Å². The summed E-state index contributed by atoms with van der Waals surface area (Å²) in [6.45, 7) is 7.86. The topological polar surface area (TPSA) is 108 Å². The lowest BCUT2D eigenvalue weighted by Crippen LogP contribution is -2.57. The molecule has 3 saturated heterocycles. The van der Waals surface area contributed by atoms with Crippen molar-refractivity contribution >= 4 is 35.0 Å². The number of rotatable bonds is 8. The van der Waals surface area contributed by atoms with Gasteiger partial charge in [-0.25, -0.2) is 0 Å². The van der Waals surface area contributed by atoms with Crippen molar-refractivity contribution in [3.63, 3.8) is 0 Å². The predicted molar refractivity (Wildman–Crippen MR) is 128 cm³/mol. The summed E-state index contributed by atoms with van der Waals surface area (Å²) in [5, 5.41) is 16.6. The summed E-state index contributed by atoms with van der Waals surface area (Å²) < 4.78 is 6.56. The molecule has 2 bridgehead atoms. The van der Waals surface area contributed by atoms with Crippen molar-refractivity contribution < 1.29 is 24.2 Å². The molecule has 3 N–H and O–H groups in total. The van der Waals surface area contributed by atoms with E-state index in [2.05, 4.69) is 10.6 Å². The first-order valence-corrected chi connectivity index (χ1v) is 12.4. The molecule has 3 aliphatic heterocycles. The summed E-state index contributed by atoms with van der Waals surface area (Å²) >= 11 is 5.98. The number of fused-ring (bicyclic) bond motifs is 1. The van der Waals surface area contributed by atoms with Gasteiger partial charge in [-0.15, -0.1) is 0 Å². The molecule has 2 unspecified atom stereocenters. The van der Waals surface area contributed by atoms with Crippen LogP contribution in [0.1, 0.15) is 47.0 Å². The molecule has 3 heterocycles. The molecule has 1 aromatic rings. The van der Waals surface area contributed by atoms with Crippen LogP contribution in [0.3, 0.4) is 0 Å². The zero-order valence-electron chi connectivity index (χ0n) is 20.1. The van der Waals surface area contributed by atoms with E-state index in [1.54, 1.807) is 24.3 Å². The number of aliphatic hydroxyl groups is 1. The van der Waals surface area contributed by atoms with Crippen molar-refractivity contribution in [2.45, 2.75) is 70.2 Å². The van der Waals surface area contributed by atoms with Gasteiger partial charge in [0.25, 0.3) is 0 Å². The molecule has 9 heteroatoms. The minimum absolute atomic E-state index is 0.102. The van der Waals surface area contributed by atoms with Gasteiger partial charge in [0.1, 0.15) is 11.6 Å². The van der Waals surface area contributed by atoms with Crippen LogP contribution in [-0.2, 0) is 19.1 Å². The van der Waals surface area contributed by atoms with Crippen LogP contribution in [0.25, 0.3) is 0 Å². The molecule has 0 aromatic heterocycles. The van der Waals surface area contributed by atoms with E-state index in [-0.39, 0.29) is 24.3 Å². The Bertz CT molecular complexity index is 970. The lowest BCUT2D eigenvalue weighted by Gasteiger charge is -2.38. The third kappa shape index (κ3) is 3.80.